The number of phenolic OH excluding ortho intramolecular Hbond substituents is 1. The van der Waals surface area contributed by atoms with Crippen molar-refractivity contribution < 1.29 is 9.84 Å². The molecule has 3 nitrogen and oxygen atoms in total. The van der Waals surface area contributed by atoms with Crippen LogP contribution in [0.3, 0.4) is 0 Å². The Balaban J connectivity index is 2.90. The summed E-state index contributed by atoms with van der Waals surface area (Å²) in [6.45, 7) is 3.93. The zero-order valence-corrected chi connectivity index (χ0v) is 8.87. The molecule has 0 spiro atoms. The molecule has 1 rings (SSSR count). The summed E-state index contributed by atoms with van der Waals surface area (Å²) in [5.74, 6) is 0.651. The summed E-state index contributed by atoms with van der Waals surface area (Å²) in [6.07, 6.45) is 0.754. The van der Waals surface area contributed by atoms with E-state index < -0.39 is 0 Å². The van der Waals surface area contributed by atoms with Gasteiger partial charge in [0.15, 0.2) is 11.5 Å². The predicted octanol–water partition coefficient (Wildman–Crippen LogP) is 1.68. The van der Waals surface area contributed by atoms with E-state index in [1.165, 1.54) is 7.11 Å². The molecule has 0 saturated heterocycles. The van der Waals surface area contributed by atoms with Gasteiger partial charge in [0.25, 0.3) is 0 Å². The van der Waals surface area contributed by atoms with E-state index >= 15 is 0 Å². The first kappa shape index (κ1) is 10.9. The Hall–Kier alpha value is -1.22. The van der Waals surface area contributed by atoms with Crippen molar-refractivity contribution in [1.29, 1.82) is 0 Å². The number of nitrogens with two attached hydrogens (primary N) is 1. The molecule has 0 unspecified atom stereocenters. The molecule has 1 aromatic rings. The highest BCUT2D eigenvalue weighted by molar-refractivity contribution is 5.42. The molecule has 0 aliphatic heterocycles. The van der Waals surface area contributed by atoms with Crippen LogP contribution < -0.4 is 10.5 Å². The maximum Gasteiger partial charge on any atom is 0.160 e. The van der Waals surface area contributed by atoms with Crippen molar-refractivity contribution in [3.05, 3.63) is 23.8 Å². The van der Waals surface area contributed by atoms with E-state index in [1.807, 2.05) is 26.0 Å². The first-order chi connectivity index (χ1) is 6.42. The second-order valence-electron chi connectivity index (χ2n) is 4.17. The molecule has 14 heavy (non-hydrogen) atoms. The SMILES string of the molecule is COc1cc(CC(C)(C)N)ccc1O. The number of hydrogen-bond donors (Lipinski definition) is 2. The number of aromatic hydroxyl groups is 1. The van der Waals surface area contributed by atoms with Crippen LogP contribution in [0.5, 0.6) is 11.5 Å². The molecule has 78 valence electrons. The number of hydrogen-bond acceptors (Lipinski definition) is 3. The zero-order valence-electron chi connectivity index (χ0n) is 8.87. The number of phenols is 1. The van der Waals surface area contributed by atoms with Crippen LogP contribution in [0.25, 0.3) is 0 Å². The Labute approximate surface area is 84.5 Å². The number of methoxy groups -OCH3 is 1. The van der Waals surface area contributed by atoms with E-state index in [-0.39, 0.29) is 11.3 Å². The van der Waals surface area contributed by atoms with Gasteiger partial charge in [0.2, 0.25) is 0 Å². The van der Waals surface area contributed by atoms with Gasteiger partial charge in [-0.2, -0.15) is 0 Å². The molecule has 0 aliphatic carbocycles. The molecule has 0 aliphatic rings. The molecule has 0 saturated carbocycles. The third kappa shape index (κ3) is 2.92. The second kappa shape index (κ2) is 3.88. The first-order valence-electron chi connectivity index (χ1n) is 4.57. The molecule has 3 N–H and O–H groups in total. The highest BCUT2D eigenvalue weighted by atomic mass is 16.5. The van der Waals surface area contributed by atoms with Crippen molar-refractivity contribution in [3.63, 3.8) is 0 Å². The summed E-state index contributed by atoms with van der Waals surface area (Å²) >= 11 is 0. The van der Waals surface area contributed by atoms with E-state index in [4.69, 9.17) is 10.5 Å². The van der Waals surface area contributed by atoms with E-state index in [0.29, 0.717) is 5.75 Å². The van der Waals surface area contributed by atoms with Crippen molar-refractivity contribution >= 4 is 0 Å². The monoisotopic (exact) mass is 195 g/mol. The Kier molecular flexibility index (Phi) is 3.01. The van der Waals surface area contributed by atoms with Gasteiger partial charge in [0.1, 0.15) is 0 Å². The van der Waals surface area contributed by atoms with Crippen LogP contribution in [0.4, 0.5) is 0 Å². The highest BCUT2D eigenvalue weighted by Crippen LogP contribution is 2.27. The first-order valence-corrected chi connectivity index (χ1v) is 4.57. The molecule has 0 atom stereocenters. The number of benzene rings is 1. The van der Waals surface area contributed by atoms with Gasteiger partial charge in [-0.3, -0.25) is 0 Å². The van der Waals surface area contributed by atoms with Crippen molar-refractivity contribution in [1.82, 2.24) is 0 Å². The number of ether oxygens (including phenoxy) is 1. The van der Waals surface area contributed by atoms with Crippen molar-refractivity contribution in [2.24, 2.45) is 5.73 Å². The largest absolute Gasteiger partial charge is 0.504 e. The fourth-order valence-corrected chi connectivity index (χ4v) is 1.36. The van der Waals surface area contributed by atoms with Gasteiger partial charge < -0.3 is 15.6 Å². The van der Waals surface area contributed by atoms with Gasteiger partial charge in [-0.25, -0.2) is 0 Å². The smallest absolute Gasteiger partial charge is 0.160 e. The normalized spacial score (nSPS) is 11.4. The summed E-state index contributed by atoms with van der Waals surface area (Å²) in [6, 6.07) is 5.29. The average molecular weight is 195 g/mol. The molecular formula is C11H17NO2. The quantitative estimate of drug-likeness (QED) is 0.771. The average Bonchev–Trinajstić information content (AvgIpc) is 2.06. The molecule has 0 bridgehead atoms. The summed E-state index contributed by atoms with van der Waals surface area (Å²) in [5.41, 5.74) is 6.71. The van der Waals surface area contributed by atoms with E-state index in [1.54, 1.807) is 6.07 Å². The number of rotatable bonds is 3. The molecule has 0 heterocycles. The molecule has 0 radical (unpaired) electrons. The minimum atomic E-state index is -0.248. The van der Waals surface area contributed by atoms with E-state index in [2.05, 4.69) is 0 Å². The van der Waals surface area contributed by atoms with E-state index in [0.717, 1.165) is 12.0 Å². The lowest BCUT2D eigenvalue weighted by molar-refractivity contribution is 0.372. The summed E-state index contributed by atoms with van der Waals surface area (Å²) in [7, 11) is 1.53. The van der Waals surface area contributed by atoms with Crippen molar-refractivity contribution in [2.75, 3.05) is 7.11 Å². The zero-order chi connectivity index (χ0) is 10.8. The Bertz CT molecular complexity index is 316. The van der Waals surface area contributed by atoms with Crippen LogP contribution in [0.2, 0.25) is 0 Å². The molecule has 3 heteroatoms. The summed E-state index contributed by atoms with van der Waals surface area (Å²) in [5, 5.41) is 9.38. The van der Waals surface area contributed by atoms with Crippen LogP contribution in [-0.2, 0) is 6.42 Å². The van der Waals surface area contributed by atoms with Gasteiger partial charge in [-0.05, 0) is 38.0 Å². The Morgan fingerprint density at radius 3 is 2.57 bits per heavy atom. The van der Waals surface area contributed by atoms with Crippen LogP contribution in [0, 0.1) is 0 Å². The minimum absolute atomic E-state index is 0.158. The van der Waals surface area contributed by atoms with E-state index in [9.17, 15) is 5.11 Å². The standard InChI is InChI=1S/C11H17NO2/c1-11(2,12)7-8-4-5-9(13)10(6-8)14-3/h4-6,13H,7,12H2,1-3H3. The maximum absolute atomic E-state index is 9.38. The van der Waals surface area contributed by atoms with Gasteiger partial charge in [0, 0.05) is 5.54 Å². The molecule has 0 fully saturated rings. The Morgan fingerprint density at radius 2 is 2.07 bits per heavy atom. The topological polar surface area (TPSA) is 55.5 Å². The predicted molar refractivity (Wildman–Crippen MR) is 56.6 cm³/mol. The summed E-state index contributed by atoms with van der Waals surface area (Å²) < 4.78 is 5.01. The minimum Gasteiger partial charge on any atom is -0.504 e. The lowest BCUT2D eigenvalue weighted by Crippen LogP contribution is -2.34. The van der Waals surface area contributed by atoms with Crippen molar-refractivity contribution in [3.8, 4) is 11.5 Å². The third-order valence-corrected chi connectivity index (χ3v) is 1.90. The van der Waals surface area contributed by atoms with Gasteiger partial charge >= 0.3 is 0 Å². The molecule has 0 amide bonds. The Morgan fingerprint density at radius 1 is 1.43 bits per heavy atom. The highest BCUT2D eigenvalue weighted by Gasteiger charge is 2.12. The maximum atomic E-state index is 9.38. The van der Waals surface area contributed by atoms with Crippen molar-refractivity contribution in [2.45, 2.75) is 25.8 Å². The second-order valence-corrected chi connectivity index (χ2v) is 4.17. The van der Waals surface area contributed by atoms with Gasteiger partial charge in [0.05, 0.1) is 7.11 Å². The lowest BCUT2D eigenvalue weighted by Gasteiger charge is -2.18. The molecule has 1 aromatic carbocycles. The third-order valence-electron chi connectivity index (χ3n) is 1.90. The molecule has 0 aromatic heterocycles. The van der Waals surface area contributed by atoms with Crippen LogP contribution in [0.15, 0.2) is 18.2 Å². The van der Waals surface area contributed by atoms with Gasteiger partial charge in [-0.1, -0.05) is 6.07 Å². The van der Waals surface area contributed by atoms with Crippen LogP contribution in [0.1, 0.15) is 19.4 Å². The summed E-state index contributed by atoms with van der Waals surface area (Å²) in [4.78, 5) is 0. The lowest BCUT2D eigenvalue weighted by atomic mass is 9.96. The van der Waals surface area contributed by atoms with Crippen LogP contribution >= 0.6 is 0 Å². The van der Waals surface area contributed by atoms with Crippen LogP contribution in [-0.4, -0.2) is 17.8 Å². The fourth-order valence-electron chi connectivity index (χ4n) is 1.36. The van der Waals surface area contributed by atoms with Gasteiger partial charge in [-0.15, -0.1) is 0 Å². The molecular weight excluding hydrogens is 178 g/mol. The fraction of sp³-hybridized carbons (Fsp3) is 0.455.